The number of anilines is 1. The van der Waals surface area contributed by atoms with Crippen LogP contribution in [0.5, 0.6) is 0 Å². The summed E-state index contributed by atoms with van der Waals surface area (Å²) in [6.07, 6.45) is 1.76. The zero-order valence-electron chi connectivity index (χ0n) is 8.77. The fourth-order valence-corrected chi connectivity index (χ4v) is 2.46. The first-order valence-corrected chi connectivity index (χ1v) is 6.01. The molecule has 16 heavy (non-hydrogen) atoms. The number of rotatable bonds is 2. The maximum Gasteiger partial charge on any atom is 0.124 e. The normalized spacial score (nSPS) is 10.4. The van der Waals surface area contributed by atoms with Gasteiger partial charge in [-0.2, -0.15) is 0 Å². The van der Waals surface area contributed by atoms with E-state index in [1.165, 1.54) is 11.8 Å². The quantitative estimate of drug-likeness (QED) is 0.882. The molecule has 2 aromatic rings. The standard InChI is InChI=1S/C12H11ClN2S/c1-8-5-6-15-12(11(8)14)16-10-4-2-3-9(13)7-10/h2-7H,14H2,1H3. The van der Waals surface area contributed by atoms with Crippen LogP contribution in [0.2, 0.25) is 5.02 Å². The van der Waals surface area contributed by atoms with Crippen molar-refractivity contribution in [1.82, 2.24) is 4.98 Å². The van der Waals surface area contributed by atoms with Crippen molar-refractivity contribution < 1.29 is 0 Å². The van der Waals surface area contributed by atoms with Crippen molar-refractivity contribution in [1.29, 1.82) is 0 Å². The van der Waals surface area contributed by atoms with Crippen LogP contribution in [0.1, 0.15) is 5.56 Å². The zero-order chi connectivity index (χ0) is 11.5. The lowest BCUT2D eigenvalue weighted by molar-refractivity contribution is 1.12. The van der Waals surface area contributed by atoms with Crippen molar-refractivity contribution in [2.24, 2.45) is 0 Å². The molecule has 1 aromatic heterocycles. The Kier molecular flexibility index (Phi) is 3.36. The number of aromatic nitrogens is 1. The Hall–Kier alpha value is -1.19. The molecule has 2 N–H and O–H groups in total. The van der Waals surface area contributed by atoms with Gasteiger partial charge in [-0.1, -0.05) is 29.4 Å². The molecule has 0 atom stereocenters. The monoisotopic (exact) mass is 250 g/mol. The lowest BCUT2D eigenvalue weighted by Crippen LogP contribution is -1.94. The summed E-state index contributed by atoms with van der Waals surface area (Å²) in [6.45, 7) is 1.97. The maximum absolute atomic E-state index is 5.95. The van der Waals surface area contributed by atoms with Crippen LogP contribution in [0.25, 0.3) is 0 Å². The van der Waals surface area contributed by atoms with E-state index >= 15 is 0 Å². The van der Waals surface area contributed by atoms with E-state index in [-0.39, 0.29) is 0 Å². The van der Waals surface area contributed by atoms with E-state index in [9.17, 15) is 0 Å². The van der Waals surface area contributed by atoms with Crippen LogP contribution in [-0.2, 0) is 0 Å². The van der Waals surface area contributed by atoms with E-state index < -0.39 is 0 Å². The van der Waals surface area contributed by atoms with Crippen molar-refractivity contribution in [2.75, 3.05) is 5.73 Å². The van der Waals surface area contributed by atoms with Gasteiger partial charge in [0.25, 0.3) is 0 Å². The Bertz CT molecular complexity index is 514. The molecule has 0 aliphatic rings. The second kappa shape index (κ2) is 4.76. The van der Waals surface area contributed by atoms with Crippen LogP contribution in [0.3, 0.4) is 0 Å². The second-order valence-electron chi connectivity index (χ2n) is 3.41. The fourth-order valence-electron chi connectivity index (χ4n) is 1.27. The average Bonchev–Trinajstić information content (AvgIpc) is 2.25. The predicted octanol–water partition coefficient (Wildman–Crippen LogP) is 3.78. The molecule has 2 rings (SSSR count). The van der Waals surface area contributed by atoms with Crippen LogP contribution < -0.4 is 5.73 Å². The lowest BCUT2D eigenvalue weighted by Gasteiger charge is -2.06. The largest absolute Gasteiger partial charge is 0.396 e. The van der Waals surface area contributed by atoms with Gasteiger partial charge in [0.1, 0.15) is 5.03 Å². The topological polar surface area (TPSA) is 38.9 Å². The first-order valence-electron chi connectivity index (χ1n) is 4.81. The molecule has 0 unspecified atom stereocenters. The maximum atomic E-state index is 5.95. The molecule has 0 aliphatic carbocycles. The predicted molar refractivity (Wildman–Crippen MR) is 69.0 cm³/mol. The third-order valence-corrected chi connectivity index (χ3v) is 3.43. The number of nitrogens with two attached hydrogens (primary N) is 1. The van der Waals surface area contributed by atoms with E-state index in [0.29, 0.717) is 0 Å². The summed E-state index contributed by atoms with van der Waals surface area (Å²) in [5.41, 5.74) is 7.72. The molecule has 1 heterocycles. The van der Waals surface area contributed by atoms with Crippen molar-refractivity contribution in [2.45, 2.75) is 16.8 Å². The number of nitrogen functional groups attached to an aromatic ring is 1. The first kappa shape index (κ1) is 11.3. The van der Waals surface area contributed by atoms with Gasteiger partial charge in [0.15, 0.2) is 0 Å². The van der Waals surface area contributed by atoms with Gasteiger partial charge in [0.2, 0.25) is 0 Å². The Balaban J connectivity index is 2.31. The molecule has 4 heteroatoms. The smallest absolute Gasteiger partial charge is 0.124 e. The SMILES string of the molecule is Cc1ccnc(Sc2cccc(Cl)c2)c1N. The van der Waals surface area contributed by atoms with Gasteiger partial charge in [-0.3, -0.25) is 0 Å². The third-order valence-electron chi connectivity index (χ3n) is 2.18. The molecule has 0 saturated heterocycles. The highest BCUT2D eigenvalue weighted by molar-refractivity contribution is 7.99. The Morgan fingerprint density at radius 2 is 2.12 bits per heavy atom. The van der Waals surface area contributed by atoms with Crippen LogP contribution >= 0.6 is 23.4 Å². The van der Waals surface area contributed by atoms with E-state index in [0.717, 1.165) is 26.2 Å². The molecular weight excluding hydrogens is 240 g/mol. The van der Waals surface area contributed by atoms with Gasteiger partial charge in [0, 0.05) is 16.1 Å². The molecule has 0 amide bonds. The Labute approximate surface area is 104 Å². The molecule has 0 saturated carbocycles. The van der Waals surface area contributed by atoms with Gasteiger partial charge < -0.3 is 5.73 Å². The minimum absolute atomic E-state index is 0.719. The summed E-state index contributed by atoms with van der Waals surface area (Å²) in [4.78, 5) is 5.30. The number of nitrogens with zero attached hydrogens (tertiary/aromatic N) is 1. The summed E-state index contributed by atoms with van der Waals surface area (Å²) in [5.74, 6) is 0. The molecule has 0 aliphatic heterocycles. The van der Waals surface area contributed by atoms with Crippen LogP contribution in [0, 0.1) is 6.92 Å². The zero-order valence-corrected chi connectivity index (χ0v) is 10.3. The molecule has 0 bridgehead atoms. The van der Waals surface area contributed by atoms with Crippen LogP contribution in [0.15, 0.2) is 46.5 Å². The highest BCUT2D eigenvalue weighted by Gasteiger charge is 2.05. The molecular formula is C12H11ClN2S. The number of aryl methyl sites for hydroxylation is 1. The number of halogens is 1. The highest BCUT2D eigenvalue weighted by atomic mass is 35.5. The first-order chi connectivity index (χ1) is 7.66. The Morgan fingerprint density at radius 1 is 1.31 bits per heavy atom. The number of pyridine rings is 1. The average molecular weight is 251 g/mol. The lowest BCUT2D eigenvalue weighted by atomic mass is 10.3. The fraction of sp³-hybridized carbons (Fsp3) is 0.0833. The summed E-state index contributed by atoms with van der Waals surface area (Å²) in [7, 11) is 0. The van der Waals surface area contributed by atoms with Crippen molar-refractivity contribution in [3.63, 3.8) is 0 Å². The summed E-state index contributed by atoms with van der Waals surface area (Å²) >= 11 is 7.44. The highest BCUT2D eigenvalue weighted by Crippen LogP contribution is 2.32. The van der Waals surface area contributed by atoms with Crippen molar-refractivity contribution >= 4 is 29.1 Å². The van der Waals surface area contributed by atoms with Gasteiger partial charge in [0.05, 0.1) is 5.69 Å². The van der Waals surface area contributed by atoms with E-state index in [4.69, 9.17) is 17.3 Å². The van der Waals surface area contributed by atoms with Gasteiger partial charge in [-0.05, 0) is 36.8 Å². The molecule has 2 nitrogen and oxygen atoms in total. The Morgan fingerprint density at radius 3 is 2.88 bits per heavy atom. The summed E-state index contributed by atoms with van der Waals surface area (Å²) in [6, 6.07) is 9.54. The second-order valence-corrected chi connectivity index (χ2v) is 4.90. The summed E-state index contributed by atoms with van der Waals surface area (Å²) < 4.78 is 0. The van der Waals surface area contributed by atoms with Gasteiger partial charge >= 0.3 is 0 Å². The number of hydrogen-bond acceptors (Lipinski definition) is 3. The van der Waals surface area contributed by atoms with E-state index in [1.54, 1.807) is 6.20 Å². The number of benzene rings is 1. The molecule has 82 valence electrons. The van der Waals surface area contributed by atoms with Gasteiger partial charge in [-0.15, -0.1) is 0 Å². The van der Waals surface area contributed by atoms with Crippen molar-refractivity contribution in [3.05, 3.63) is 47.1 Å². The molecule has 0 spiro atoms. The van der Waals surface area contributed by atoms with E-state index in [2.05, 4.69) is 4.98 Å². The van der Waals surface area contributed by atoms with Gasteiger partial charge in [-0.25, -0.2) is 4.98 Å². The minimum atomic E-state index is 0.719. The molecule has 1 aromatic carbocycles. The van der Waals surface area contributed by atoms with Crippen LogP contribution in [-0.4, -0.2) is 4.98 Å². The van der Waals surface area contributed by atoms with Crippen LogP contribution in [0.4, 0.5) is 5.69 Å². The minimum Gasteiger partial charge on any atom is -0.396 e. The number of hydrogen-bond donors (Lipinski definition) is 1. The third kappa shape index (κ3) is 2.49. The molecule has 0 radical (unpaired) electrons. The molecule has 0 fully saturated rings. The van der Waals surface area contributed by atoms with Crippen molar-refractivity contribution in [3.8, 4) is 0 Å². The van der Waals surface area contributed by atoms with E-state index in [1.807, 2.05) is 37.3 Å². The summed E-state index contributed by atoms with van der Waals surface area (Å²) in [5, 5.41) is 1.54.